The molecule has 0 spiro atoms. The summed E-state index contributed by atoms with van der Waals surface area (Å²) in [7, 11) is 9.85. The Morgan fingerprint density at radius 2 is 1.39 bits per heavy atom. The van der Waals surface area contributed by atoms with Crippen molar-refractivity contribution < 1.29 is 20.8 Å². The zero-order valence-electron chi connectivity index (χ0n) is 19.0. The summed E-state index contributed by atoms with van der Waals surface area (Å²) in [5.41, 5.74) is 2.72. The van der Waals surface area contributed by atoms with Crippen LogP contribution >= 0.6 is 24.9 Å². The Kier molecular flexibility index (Phi) is 14.5. The van der Waals surface area contributed by atoms with Gasteiger partial charge in [0, 0.05) is 0 Å². The van der Waals surface area contributed by atoms with Gasteiger partial charge in [0.25, 0.3) is 0 Å². The zero-order valence-corrected chi connectivity index (χ0v) is 23.9. The molecule has 0 aliphatic heterocycles. The van der Waals surface area contributed by atoms with Crippen LogP contribution in [0.5, 0.6) is 0 Å². The molecule has 0 aromatic heterocycles. The summed E-state index contributed by atoms with van der Waals surface area (Å²) in [6.07, 6.45) is 13.9. The third-order valence-corrected chi connectivity index (χ3v) is 8.45. The molecular weight excluding hydrogens is 517 g/mol. The summed E-state index contributed by atoms with van der Waals surface area (Å²) in [5, 5.41) is 4.51. The van der Waals surface area contributed by atoms with E-state index in [0.29, 0.717) is 0 Å². The van der Waals surface area contributed by atoms with Gasteiger partial charge in [-0.2, -0.15) is 6.07 Å². The number of hydrogen-bond donors (Lipinski definition) is 0. The van der Waals surface area contributed by atoms with E-state index in [4.69, 9.17) is 17.0 Å². The topological polar surface area (TPSA) is 0 Å². The zero-order chi connectivity index (χ0) is 22.3. The predicted octanol–water partition coefficient (Wildman–Crippen LogP) is 9.87. The first-order valence-electron chi connectivity index (χ1n) is 11.7. The van der Waals surface area contributed by atoms with E-state index < -0.39 is 20.8 Å². The molecule has 3 rings (SSSR count). The molecule has 0 aliphatic rings. The van der Waals surface area contributed by atoms with E-state index in [1.165, 1.54) is 85.6 Å². The Labute approximate surface area is 209 Å². The van der Waals surface area contributed by atoms with Gasteiger partial charge in [-0.15, -0.1) is 34.3 Å². The number of unbranched alkanes of at least 4 members (excludes halogenated alkanes) is 6. The summed E-state index contributed by atoms with van der Waals surface area (Å²) in [6, 6.07) is 22.7. The Hall–Kier alpha value is -0.0569. The van der Waals surface area contributed by atoms with Gasteiger partial charge in [0.05, 0.1) is 0 Å². The molecule has 31 heavy (non-hydrogen) atoms. The van der Waals surface area contributed by atoms with Crippen LogP contribution in [0.4, 0.5) is 0 Å². The van der Waals surface area contributed by atoms with Crippen LogP contribution in [0.25, 0.3) is 21.9 Å². The summed E-state index contributed by atoms with van der Waals surface area (Å²) >= 11 is -0.826. The van der Waals surface area contributed by atoms with E-state index in [0.717, 1.165) is 0 Å². The maximum absolute atomic E-state index is 4.93. The van der Waals surface area contributed by atoms with Crippen molar-refractivity contribution in [1.82, 2.24) is 0 Å². The molecule has 0 nitrogen and oxygen atoms in total. The molecule has 4 heteroatoms. The second-order valence-corrected chi connectivity index (χ2v) is 14.3. The number of halogens is 2. The fraction of sp³-hybridized carbons (Fsp3) is 0.444. The number of fused-ring (bicyclic) bond motifs is 1. The fourth-order valence-electron chi connectivity index (χ4n) is 4.10. The minimum absolute atomic E-state index is 0.0171. The molecule has 0 unspecified atom stereocenters. The van der Waals surface area contributed by atoms with Crippen LogP contribution in [-0.4, -0.2) is 12.3 Å². The number of benzene rings is 2. The van der Waals surface area contributed by atoms with Crippen LogP contribution in [0, 0.1) is 0 Å². The summed E-state index contributed by atoms with van der Waals surface area (Å²) < 4.78 is 0. The van der Waals surface area contributed by atoms with Gasteiger partial charge in [0.1, 0.15) is 0 Å². The average molecular weight is 554 g/mol. The van der Waals surface area contributed by atoms with E-state index in [1.807, 2.05) is 0 Å². The molecule has 0 amide bonds. The van der Waals surface area contributed by atoms with E-state index in [1.54, 1.807) is 5.30 Å². The van der Waals surface area contributed by atoms with Gasteiger partial charge in [0.15, 0.2) is 0 Å². The summed E-state index contributed by atoms with van der Waals surface area (Å²) in [5.74, 6) is 0. The molecule has 0 heterocycles. The Morgan fingerprint density at radius 1 is 0.774 bits per heavy atom. The van der Waals surface area contributed by atoms with Crippen LogP contribution in [0.15, 0.2) is 60.7 Å². The van der Waals surface area contributed by atoms with Crippen LogP contribution in [0.1, 0.15) is 65.2 Å². The van der Waals surface area contributed by atoms with E-state index in [2.05, 4.69) is 74.5 Å². The molecule has 3 aromatic carbocycles. The molecule has 0 saturated heterocycles. The van der Waals surface area contributed by atoms with Crippen molar-refractivity contribution in [2.45, 2.75) is 65.2 Å². The van der Waals surface area contributed by atoms with Gasteiger partial charge < -0.3 is 0 Å². The van der Waals surface area contributed by atoms with Crippen molar-refractivity contribution in [3.05, 3.63) is 60.7 Å². The van der Waals surface area contributed by atoms with Crippen LogP contribution < -0.4 is 5.30 Å². The molecule has 0 aliphatic carbocycles. The van der Waals surface area contributed by atoms with Gasteiger partial charge in [-0.25, -0.2) is 0 Å². The SMILES string of the molecule is CCCCCCP(CCCCCC)c1cc2c(-c3ccccc3)cccc2[cH-]1.[Cl][Zr][Cl]. The van der Waals surface area contributed by atoms with E-state index >= 15 is 0 Å². The number of rotatable bonds is 12. The monoisotopic (exact) mass is 551 g/mol. The van der Waals surface area contributed by atoms with Crippen LogP contribution in [-0.2, 0) is 20.8 Å². The number of hydrogen-bond acceptors (Lipinski definition) is 0. The van der Waals surface area contributed by atoms with E-state index in [9.17, 15) is 0 Å². The van der Waals surface area contributed by atoms with Crippen LogP contribution in [0.2, 0.25) is 0 Å². The maximum atomic E-state index is 4.93. The van der Waals surface area contributed by atoms with Crippen molar-refractivity contribution >= 4 is 41.0 Å². The van der Waals surface area contributed by atoms with Crippen molar-refractivity contribution in [3.63, 3.8) is 0 Å². The van der Waals surface area contributed by atoms with Gasteiger partial charge in [0.2, 0.25) is 0 Å². The molecule has 0 bridgehead atoms. The fourth-order valence-corrected chi connectivity index (χ4v) is 6.68. The van der Waals surface area contributed by atoms with Gasteiger partial charge in [-0.1, -0.05) is 102 Å². The normalized spacial score (nSPS) is 10.9. The molecule has 3 aromatic rings. The minimum atomic E-state index is -0.826. The van der Waals surface area contributed by atoms with Gasteiger partial charge in [-0.05, 0) is 30.7 Å². The first kappa shape index (κ1) is 27.2. The summed E-state index contributed by atoms with van der Waals surface area (Å²) in [4.78, 5) is 0. The third-order valence-electron chi connectivity index (χ3n) is 5.75. The Balaban J connectivity index is 0.00000107. The summed E-state index contributed by atoms with van der Waals surface area (Å²) in [6.45, 7) is 4.62. The van der Waals surface area contributed by atoms with Gasteiger partial charge >= 0.3 is 37.9 Å². The Bertz CT molecular complexity index is 835. The molecule has 0 N–H and O–H groups in total. The second kappa shape index (κ2) is 16.5. The second-order valence-electron chi connectivity index (χ2n) is 8.07. The van der Waals surface area contributed by atoms with Crippen molar-refractivity contribution in [1.29, 1.82) is 0 Å². The molecule has 0 radical (unpaired) electrons. The van der Waals surface area contributed by atoms with Crippen molar-refractivity contribution in [2.24, 2.45) is 0 Å². The molecule has 168 valence electrons. The molecule has 0 fully saturated rings. The first-order chi connectivity index (χ1) is 15.2. The molecular formula is C27H36Cl2PZr-. The standard InChI is InChI=1S/C27H36P.2ClH.Zr/c1-3-5-7-12-19-28(20-13-8-6-4-2)25-21-24-17-14-18-26(27(24)22-25)23-15-10-9-11-16-23;;;/h9-11,14-18,21-22H,3-8,12-13,19-20H2,1-2H3;2*1H;/q-1;;;+2/p-2. The molecule has 0 atom stereocenters. The Morgan fingerprint density at radius 3 is 1.97 bits per heavy atom. The average Bonchev–Trinajstić information content (AvgIpc) is 3.23. The predicted molar refractivity (Wildman–Crippen MR) is 141 cm³/mol. The van der Waals surface area contributed by atoms with Crippen molar-refractivity contribution in [3.8, 4) is 11.1 Å². The third kappa shape index (κ3) is 9.37. The quantitative estimate of drug-likeness (QED) is 0.119. The first-order valence-corrected chi connectivity index (χ1v) is 19.8. The molecule has 0 saturated carbocycles. The van der Waals surface area contributed by atoms with E-state index in [-0.39, 0.29) is 7.92 Å². The van der Waals surface area contributed by atoms with Crippen molar-refractivity contribution in [2.75, 3.05) is 12.3 Å². The van der Waals surface area contributed by atoms with Crippen LogP contribution in [0.3, 0.4) is 0 Å². The van der Waals surface area contributed by atoms with Gasteiger partial charge in [-0.3, -0.25) is 0 Å².